The Hall–Kier alpha value is -5.37. The molecule has 0 unspecified atom stereocenters. The first kappa shape index (κ1) is 32.0. The zero-order valence-corrected chi connectivity index (χ0v) is 25.4. The van der Waals surface area contributed by atoms with E-state index in [1.54, 1.807) is 12.1 Å². The second-order valence-corrected chi connectivity index (χ2v) is 11.4. The van der Waals surface area contributed by atoms with Crippen molar-refractivity contribution in [2.45, 2.75) is 31.4 Å². The number of carboxylic acids is 2. The number of hydrogen-bond acceptors (Lipinski definition) is 5. The molecule has 0 spiro atoms. The van der Waals surface area contributed by atoms with Crippen LogP contribution in [-0.2, 0) is 20.9 Å². The maximum Gasteiger partial charge on any atom is 0.410 e. The predicted molar refractivity (Wildman–Crippen MR) is 174 cm³/mol. The first-order valence-corrected chi connectivity index (χ1v) is 15.3. The largest absolute Gasteiger partial charge is 0.494 e. The van der Waals surface area contributed by atoms with E-state index < -0.39 is 42.3 Å². The summed E-state index contributed by atoms with van der Waals surface area (Å²) in [5.74, 6) is -3.22. The number of benzene rings is 4. The molecule has 0 saturated carbocycles. The standard InChI is InChI=1S/C38H37NO7/c1-26(34-24-39(36(37(42)43)33(34)23-35(40)41)38(44)46-25-27-12-5-2-6-13-27)30-18-11-19-31(22-30)45-21-20-32(28-14-7-3-8-15-28)29-16-9-4-10-17-29/h2-19,22,32-34,36H,1,20-21,23-25H2,(H,40,41)(H,42,43)/t33-,34-,36-/m0/s1. The van der Waals surface area contributed by atoms with Gasteiger partial charge in [-0.15, -0.1) is 0 Å². The summed E-state index contributed by atoms with van der Waals surface area (Å²) in [7, 11) is 0. The van der Waals surface area contributed by atoms with Crippen LogP contribution < -0.4 is 4.74 Å². The third-order valence-corrected chi connectivity index (χ3v) is 8.49. The SMILES string of the molecule is C=C(c1cccc(OCCC(c2ccccc2)c2ccccc2)c1)[C@@H]1CN(C(=O)OCc2ccccc2)[C@H](C(=O)O)[C@H]1CC(=O)O. The molecule has 3 atom stereocenters. The fourth-order valence-corrected chi connectivity index (χ4v) is 6.23. The Kier molecular flexibility index (Phi) is 10.5. The van der Waals surface area contributed by atoms with Crippen molar-refractivity contribution in [3.8, 4) is 5.75 Å². The fourth-order valence-electron chi connectivity index (χ4n) is 6.23. The van der Waals surface area contributed by atoms with Gasteiger partial charge in [0.15, 0.2) is 0 Å². The minimum atomic E-state index is -1.38. The van der Waals surface area contributed by atoms with Crippen LogP contribution in [0, 0.1) is 11.8 Å². The molecular weight excluding hydrogens is 582 g/mol. The number of likely N-dealkylation sites (tertiary alicyclic amines) is 1. The van der Waals surface area contributed by atoms with Crippen molar-refractivity contribution in [2.24, 2.45) is 11.8 Å². The lowest BCUT2D eigenvalue weighted by Crippen LogP contribution is -2.44. The summed E-state index contributed by atoms with van der Waals surface area (Å²) in [6.07, 6.45) is -0.520. The molecule has 1 aliphatic heterocycles. The molecule has 1 fully saturated rings. The number of nitrogens with zero attached hydrogens (tertiary/aromatic N) is 1. The topological polar surface area (TPSA) is 113 Å². The number of amides is 1. The van der Waals surface area contributed by atoms with Crippen LogP contribution >= 0.6 is 0 Å². The molecule has 0 bridgehead atoms. The van der Waals surface area contributed by atoms with Gasteiger partial charge in [-0.1, -0.05) is 110 Å². The predicted octanol–water partition coefficient (Wildman–Crippen LogP) is 7.11. The average molecular weight is 620 g/mol. The summed E-state index contributed by atoms with van der Waals surface area (Å²) in [5.41, 5.74) is 4.37. The molecular formula is C38H37NO7. The lowest BCUT2D eigenvalue weighted by molar-refractivity contribution is -0.144. The third kappa shape index (κ3) is 7.82. The fraction of sp³-hybridized carbons (Fsp3) is 0.237. The number of ether oxygens (including phenoxy) is 2. The molecule has 0 aromatic heterocycles. The molecule has 0 aliphatic carbocycles. The smallest absolute Gasteiger partial charge is 0.410 e. The maximum atomic E-state index is 13.1. The zero-order valence-electron chi connectivity index (χ0n) is 25.4. The monoisotopic (exact) mass is 619 g/mol. The maximum absolute atomic E-state index is 13.1. The van der Waals surface area contributed by atoms with Gasteiger partial charge < -0.3 is 19.7 Å². The van der Waals surface area contributed by atoms with E-state index in [1.165, 1.54) is 11.1 Å². The van der Waals surface area contributed by atoms with Crippen LogP contribution in [0.15, 0.2) is 122 Å². The van der Waals surface area contributed by atoms with Crippen LogP contribution in [0.4, 0.5) is 4.79 Å². The Morgan fingerprint density at radius 2 is 1.43 bits per heavy atom. The van der Waals surface area contributed by atoms with Crippen LogP contribution in [-0.4, -0.2) is 52.3 Å². The highest BCUT2D eigenvalue weighted by Crippen LogP contribution is 2.41. The lowest BCUT2D eigenvalue weighted by Gasteiger charge is -2.24. The van der Waals surface area contributed by atoms with Gasteiger partial charge in [0.05, 0.1) is 13.0 Å². The van der Waals surface area contributed by atoms with E-state index in [-0.39, 0.29) is 19.1 Å². The van der Waals surface area contributed by atoms with E-state index in [0.29, 0.717) is 23.5 Å². The number of carbonyl (C=O) groups is 3. The van der Waals surface area contributed by atoms with Gasteiger partial charge >= 0.3 is 18.0 Å². The van der Waals surface area contributed by atoms with Gasteiger partial charge in [0.1, 0.15) is 18.4 Å². The first-order chi connectivity index (χ1) is 22.3. The molecule has 5 rings (SSSR count). The van der Waals surface area contributed by atoms with Gasteiger partial charge in [-0.25, -0.2) is 9.59 Å². The van der Waals surface area contributed by atoms with E-state index in [2.05, 4.69) is 30.8 Å². The van der Waals surface area contributed by atoms with Crippen molar-refractivity contribution in [1.29, 1.82) is 0 Å². The van der Waals surface area contributed by atoms with Crippen LogP contribution in [0.1, 0.15) is 41.0 Å². The summed E-state index contributed by atoms with van der Waals surface area (Å²) in [5, 5.41) is 19.8. The third-order valence-electron chi connectivity index (χ3n) is 8.49. The van der Waals surface area contributed by atoms with Gasteiger partial charge in [0.2, 0.25) is 0 Å². The summed E-state index contributed by atoms with van der Waals surface area (Å²) in [6, 6.07) is 35.5. The van der Waals surface area contributed by atoms with Crippen LogP contribution in [0.3, 0.4) is 0 Å². The summed E-state index contributed by atoms with van der Waals surface area (Å²) in [4.78, 5) is 38.6. The van der Waals surface area contributed by atoms with E-state index in [1.807, 2.05) is 78.9 Å². The van der Waals surface area contributed by atoms with E-state index >= 15 is 0 Å². The Morgan fingerprint density at radius 1 is 0.826 bits per heavy atom. The highest BCUT2D eigenvalue weighted by atomic mass is 16.6. The Labute approximate surface area is 268 Å². The van der Waals surface area contributed by atoms with Gasteiger partial charge in [-0.3, -0.25) is 9.69 Å². The van der Waals surface area contributed by atoms with Gasteiger partial charge in [0, 0.05) is 24.3 Å². The number of hydrogen-bond donors (Lipinski definition) is 2. The molecule has 0 radical (unpaired) electrons. The second-order valence-electron chi connectivity index (χ2n) is 11.4. The number of rotatable bonds is 13. The van der Waals surface area contributed by atoms with E-state index in [4.69, 9.17) is 9.47 Å². The summed E-state index contributed by atoms with van der Waals surface area (Å²) >= 11 is 0. The van der Waals surface area contributed by atoms with Crippen molar-refractivity contribution in [2.75, 3.05) is 13.2 Å². The molecule has 46 heavy (non-hydrogen) atoms. The van der Waals surface area contributed by atoms with E-state index in [0.717, 1.165) is 16.9 Å². The molecule has 1 amide bonds. The lowest BCUT2D eigenvalue weighted by atomic mass is 9.81. The van der Waals surface area contributed by atoms with E-state index in [9.17, 15) is 24.6 Å². The van der Waals surface area contributed by atoms with Crippen molar-refractivity contribution in [3.05, 3.63) is 144 Å². The Bertz CT molecular complexity index is 1600. The molecule has 1 heterocycles. The highest BCUT2D eigenvalue weighted by Gasteiger charge is 2.50. The quantitative estimate of drug-likeness (QED) is 0.164. The number of carboxylic acid groups (broad SMARTS) is 2. The summed E-state index contributed by atoms with van der Waals surface area (Å²) in [6.45, 7) is 4.62. The average Bonchev–Trinajstić information content (AvgIpc) is 3.45. The first-order valence-electron chi connectivity index (χ1n) is 15.3. The molecule has 8 heteroatoms. The van der Waals surface area contributed by atoms with Crippen molar-refractivity contribution in [3.63, 3.8) is 0 Å². The Morgan fingerprint density at radius 3 is 2.02 bits per heavy atom. The zero-order chi connectivity index (χ0) is 32.5. The van der Waals surface area contributed by atoms with Crippen molar-refractivity contribution in [1.82, 2.24) is 4.90 Å². The second kappa shape index (κ2) is 15.1. The number of aliphatic carboxylic acids is 2. The Balaban J connectivity index is 1.30. The summed E-state index contributed by atoms with van der Waals surface area (Å²) < 4.78 is 11.7. The molecule has 1 saturated heterocycles. The van der Waals surface area contributed by atoms with Crippen molar-refractivity contribution < 1.29 is 34.1 Å². The number of carbonyl (C=O) groups excluding carboxylic acids is 1. The van der Waals surface area contributed by atoms with Gasteiger partial charge in [0.25, 0.3) is 0 Å². The molecule has 8 nitrogen and oxygen atoms in total. The van der Waals surface area contributed by atoms with Gasteiger partial charge in [-0.2, -0.15) is 0 Å². The normalized spacial score (nSPS) is 17.4. The molecule has 236 valence electrons. The van der Waals surface area contributed by atoms with Crippen LogP contribution in [0.5, 0.6) is 5.75 Å². The minimum absolute atomic E-state index is 0.0352. The molecule has 1 aliphatic rings. The highest BCUT2D eigenvalue weighted by molar-refractivity contribution is 5.84. The molecule has 4 aromatic carbocycles. The van der Waals surface area contributed by atoms with Crippen molar-refractivity contribution >= 4 is 23.6 Å². The molecule has 4 aromatic rings. The van der Waals surface area contributed by atoms with Crippen LogP contribution in [0.25, 0.3) is 5.57 Å². The van der Waals surface area contributed by atoms with Crippen LogP contribution in [0.2, 0.25) is 0 Å². The molecule has 2 N–H and O–H groups in total. The minimum Gasteiger partial charge on any atom is -0.494 e. The van der Waals surface area contributed by atoms with Gasteiger partial charge in [-0.05, 0) is 46.4 Å².